The minimum absolute atomic E-state index is 0.0289. The summed E-state index contributed by atoms with van der Waals surface area (Å²) in [5.74, 6) is 0. The van der Waals surface area contributed by atoms with Gasteiger partial charge in [0, 0.05) is 19.3 Å². The van der Waals surface area contributed by atoms with Crippen molar-refractivity contribution in [1.82, 2.24) is 14.3 Å². The van der Waals surface area contributed by atoms with E-state index in [0.717, 1.165) is 33.5 Å². The summed E-state index contributed by atoms with van der Waals surface area (Å²) in [6, 6.07) is 7.76. The summed E-state index contributed by atoms with van der Waals surface area (Å²) in [6.07, 6.45) is 6.29. The Kier molecular flexibility index (Phi) is 2.82. The molecule has 0 saturated carbocycles. The monoisotopic (exact) mass is 297 g/mol. The van der Waals surface area contributed by atoms with Crippen molar-refractivity contribution in [2.24, 2.45) is 0 Å². The van der Waals surface area contributed by atoms with Crippen molar-refractivity contribution < 1.29 is 0 Å². The molecule has 0 N–H and O–H groups in total. The first kappa shape index (κ1) is 12.6. The molecule has 1 aliphatic rings. The van der Waals surface area contributed by atoms with E-state index in [4.69, 9.17) is 0 Å². The number of thiazole rings is 1. The number of fused-ring (bicyclic) bond motifs is 3. The number of likely N-dealkylation sites (tertiary alicyclic amines) is 1. The van der Waals surface area contributed by atoms with Gasteiger partial charge in [-0.15, -0.1) is 0 Å². The average Bonchev–Trinajstić information content (AvgIpc) is 3.12. The van der Waals surface area contributed by atoms with Crippen molar-refractivity contribution in [2.45, 2.75) is 12.8 Å². The lowest BCUT2D eigenvalue weighted by atomic mass is 10.3. The van der Waals surface area contributed by atoms with Gasteiger partial charge in [-0.2, -0.15) is 0 Å². The Morgan fingerprint density at radius 1 is 1.29 bits per heavy atom. The third-order valence-corrected chi connectivity index (χ3v) is 4.98. The summed E-state index contributed by atoms with van der Waals surface area (Å²) >= 11 is 1.45. The predicted molar refractivity (Wildman–Crippen MR) is 86.5 cm³/mol. The summed E-state index contributed by atoms with van der Waals surface area (Å²) in [5, 5.41) is 0. The summed E-state index contributed by atoms with van der Waals surface area (Å²) in [6.45, 7) is 1.10. The van der Waals surface area contributed by atoms with Gasteiger partial charge in [-0.3, -0.25) is 4.79 Å². The molecule has 3 heterocycles. The molecule has 4 rings (SSSR count). The SMILES string of the molecule is CN1CCCC1=CC=c1sc2nc3ccccc3n2c1=O. The maximum Gasteiger partial charge on any atom is 0.274 e. The van der Waals surface area contributed by atoms with E-state index in [-0.39, 0.29) is 5.56 Å². The molecule has 2 aromatic heterocycles. The fourth-order valence-corrected chi connectivity index (χ4v) is 3.77. The second-order valence-corrected chi connectivity index (χ2v) is 6.35. The Bertz CT molecular complexity index is 967. The van der Waals surface area contributed by atoms with Crippen molar-refractivity contribution in [2.75, 3.05) is 13.6 Å². The lowest BCUT2D eigenvalue weighted by molar-refractivity contribution is 0.481. The molecular weight excluding hydrogens is 282 g/mol. The van der Waals surface area contributed by atoms with Crippen LogP contribution in [0.4, 0.5) is 0 Å². The lowest BCUT2D eigenvalue weighted by Gasteiger charge is -2.10. The zero-order valence-electron chi connectivity index (χ0n) is 11.7. The molecule has 1 aromatic carbocycles. The third kappa shape index (κ3) is 1.96. The van der Waals surface area contributed by atoms with E-state index in [2.05, 4.69) is 23.0 Å². The number of benzene rings is 1. The minimum Gasteiger partial charge on any atom is -0.378 e. The molecular formula is C16H15N3OS. The van der Waals surface area contributed by atoms with E-state index in [1.807, 2.05) is 30.3 Å². The number of hydrogen-bond acceptors (Lipinski definition) is 4. The Labute approximate surface area is 125 Å². The predicted octanol–water partition coefficient (Wildman–Crippen LogP) is 2.02. The quantitative estimate of drug-likeness (QED) is 0.689. The smallest absolute Gasteiger partial charge is 0.274 e. The maximum atomic E-state index is 12.5. The van der Waals surface area contributed by atoms with Crippen molar-refractivity contribution in [1.29, 1.82) is 0 Å². The lowest BCUT2D eigenvalue weighted by Crippen LogP contribution is -2.22. The first-order valence-corrected chi connectivity index (χ1v) is 7.88. The Morgan fingerprint density at radius 3 is 2.95 bits per heavy atom. The van der Waals surface area contributed by atoms with Gasteiger partial charge in [0.15, 0.2) is 4.96 Å². The van der Waals surface area contributed by atoms with Crippen molar-refractivity contribution in [3.63, 3.8) is 0 Å². The molecule has 1 fully saturated rings. The number of allylic oxidation sites excluding steroid dienone is 2. The van der Waals surface area contributed by atoms with Crippen LogP contribution < -0.4 is 10.1 Å². The van der Waals surface area contributed by atoms with Gasteiger partial charge in [0.05, 0.1) is 15.6 Å². The van der Waals surface area contributed by atoms with Gasteiger partial charge in [-0.05, 0) is 37.1 Å². The van der Waals surface area contributed by atoms with E-state index in [0.29, 0.717) is 0 Å². The summed E-state index contributed by atoms with van der Waals surface area (Å²) in [5.41, 5.74) is 3.09. The van der Waals surface area contributed by atoms with Gasteiger partial charge in [-0.25, -0.2) is 9.38 Å². The highest BCUT2D eigenvalue weighted by atomic mass is 32.1. The number of nitrogens with zero attached hydrogens (tertiary/aromatic N) is 3. The highest BCUT2D eigenvalue weighted by Gasteiger charge is 2.12. The van der Waals surface area contributed by atoms with Crippen LogP contribution in [-0.4, -0.2) is 27.9 Å². The maximum absolute atomic E-state index is 12.5. The second-order valence-electron chi connectivity index (χ2n) is 5.34. The summed E-state index contributed by atoms with van der Waals surface area (Å²) in [7, 11) is 2.10. The topological polar surface area (TPSA) is 37.6 Å². The van der Waals surface area contributed by atoms with E-state index in [1.165, 1.54) is 23.5 Å². The van der Waals surface area contributed by atoms with Crippen molar-refractivity contribution in [3.05, 3.63) is 50.9 Å². The largest absolute Gasteiger partial charge is 0.378 e. The first-order chi connectivity index (χ1) is 10.2. The molecule has 0 bridgehead atoms. The molecule has 0 atom stereocenters. The van der Waals surface area contributed by atoms with E-state index >= 15 is 0 Å². The van der Waals surface area contributed by atoms with Crippen LogP contribution in [0.1, 0.15) is 12.8 Å². The number of imidazole rings is 1. The molecule has 0 aliphatic carbocycles. The van der Waals surface area contributed by atoms with Gasteiger partial charge in [0.1, 0.15) is 0 Å². The number of para-hydroxylation sites is 2. The third-order valence-electron chi connectivity index (χ3n) is 3.99. The number of rotatable bonds is 1. The molecule has 5 heteroatoms. The second kappa shape index (κ2) is 4.70. The van der Waals surface area contributed by atoms with Crippen LogP contribution in [0.3, 0.4) is 0 Å². The van der Waals surface area contributed by atoms with Gasteiger partial charge < -0.3 is 4.90 Å². The molecule has 0 unspecified atom stereocenters. The zero-order valence-corrected chi connectivity index (χ0v) is 12.6. The van der Waals surface area contributed by atoms with E-state index < -0.39 is 0 Å². The first-order valence-electron chi connectivity index (χ1n) is 7.06. The van der Waals surface area contributed by atoms with Crippen LogP contribution in [-0.2, 0) is 0 Å². The molecule has 1 aliphatic heterocycles. The van der Waals surface area contributed by atoms with Gasteiger partial charge in [0.25, 0.3) is 5.56 Å². The molecule has 0 spiro atoms. The van der Waals surface area contributed by atoms with Crippen molar-refractivity contribution in [3.8, 4) is 0 Å². The van der Waals surface area contributed by atoms with Crippen LogP contribution in [0.15, 0.2) is 40.8 Å². The molecule has 106 valence electrons. The van der Waals surface area contributed by atoms with Crippen LogP contribution in [0.2, 0.25) is 0 Å². The van der Waals surface area contributed by atoms with Gasteiger partial charge in [-0.1, -0.05) is 23.5 Å². The fourth-order valence-electron chi connectivity index (χ4n) is 2.84. The molecule has 1 saturated heterocycles. The Balaban J connectivity index is 1.91. The van der Waals surface area contributed by atoms with Crippen LogP contribution in [0.5, 0.6) is 0 Å². The molecule has 3 aromatic rings. The minimum atomic E-state index is 0.0289. The normalized spacial score (nSPS) is 18.6. The van der Waals surface area contributed by atoms with Crippen LogP contribution in [0, 0.1) is 0 Å². The highest BCUT2D eigenvalue weighted by Crippen LogP contribution is 2.18. The Hall–Kier alpha value is -2.14. The fraction of sp³-hybridized carbons (Fsp3) is 0.250. The summed E-state index contributed by atoms with van der Waals surface area (Å²) in [4.78, 5) is 20.1. The van der Waals surface area contributed by atoms with E-state index in [1.54, 1.807) is 4.40 Å². The van der Waals surface area contributed by atoms with Crippen LogP contribution >= 0.6 is 11.3 Å². The van der Waals surface area contributed by atoms with Crippen molar-refractivity contribution >= 4 is 33.4 Å². The van der Waals surface area contributed by atoms with Gasteiger partial charge in [0.2, 0.25) is 0 Å². The summed E-state index contributed by atoms with van der Waals surface area (Å²) < 4.78 is 2.46. The van der Waals surface area contributed by atoms with Crippen LogP contribution in [0.25, 0.3) is 22.1 Å². The molecule has 0 radical (unpaired) electrons. The molecule has 21 heavy (non-hydrogen) atoms. The number of aromatic nitrogens is 2. The number of hydrogen-bond donors (Lipinski definition) is 0. The molecule has 4 nitrogen and oxygen atoms in total. The Morgan fingerprint density at radius 2 is 2.14 bits per heavy atom. The van der Waals surface area contributed by atoms with E-state index in [9.17, 15) is 4.79 Å². The van der Waals surface area contributed by atoms with Gasteiger partial charge >= 0.3 is 0 Å². The zero-order chi connectivity index (χ0) is 14.4. The average molecular weight is 297 g/mol. The standard InChI is InChI=1S/C16H15N3OS/c1-18-10-4-5-11(18)8-9-14-15(20)19-13-7-3-2-6-12(13)17-16(19)21-14/h2-3,6-9H,4-5,10H2,1H3. The molecule has 0 amide bonds. The highest BCUT2D eigenvalue weighted by molar-refractivity contribution is 7.15.